The molecule has 0 aliphatic heterocycles. The second-order valence-corrected chi connectivity index (χ2v) is 6.93. The van der Waals surface area contributed by atoms with Crippen LogP contribution in [0.3, 0.4) is 0 Å². The fourth-order valence-electron chi connectivity index (χ4n) is 2.36. The van der Waals surface area contributed by atoms with Crippen molar-refractivity contribution in [1.29, 1.82) is 0 Å². The molecule has 0 saturated heterocycles. The summed E-state index contributed by atoms with van der Waals surface area (Å²) in [6, 6.07) is 16.7. The molecule has 4 nitrogen and oxygen atoms in total. The van der Waals surface area contributed by atoms with Gasteiger partial charge in [0, 0.05) is 11.3 Å². The number of alkyl halides is 3. The van der Waals surface area contributed by atoms with E-state index in [1.54, 1.807) is 48.5 Å². The number of hydrogen-bond donors (Lipinski definition) is 1. The van der Waals surface area contributed by atoms with Gasteiger partial charge < -0.3 is 5.32 Å². The van der Waals surface area contributed by atoms with Crippen LogP contribution < -0.4 is 5.32 Å². The van der Waals surface area contributed by atoms with Gasteiger partial charge in [0.15, 0.2) is 5.16 Å². The van der Waals surface area contributed by atoms with Crippen molar-refractivity contribution >= 4 is 23.4 Å². The lowest BCUT2D eigenvalue weighted by Gasteiger charge is -2.11. The molecular weight excluding hydrogens is 387 g/mol. The highest BCUT2D eigenvalue weighted by atomic mass is 32.2. The molecule has 0 fully saturated rings. The number of carbonyl (C=O) groups excluding carboxylic acids is 1. The van der Waals surface area contributed by atoms with Gasteiger partial charge in [0.25, 0.3) is 0 Å². The maximum Gasteiger partial charge on any atom is 0.433 e. The van der Waals surface area contributed by atoms with Gasteiger partial charge in [0.05, 0.1) is 11.4 Å². The third kappa shape index (κ3) is 5.32. The van der Waals surface area contributed by atoms with Crippen LogP contribution in [0.15, 0.2) is 65.8 Å². The first-order valence-corrected chi connectivity index (χ1v) is 9.31. The number of carbonyl (C=O) groups is 1. The lowest BCUT2D eigenvalue weighted by molar-refractivity contribution is -0.141. The zero-order chi connectivity index (χ0) is 20.1. The second-order valence-electron chi connectivity index (χ2n) is 5.99. The molecule has 0 saturated carbocycles. The SMILES string of the molecule is Cc1ccc(-c2cc(C(F)(F)F)nc(SCC(=O)Nc3ccccc3)n2)cc1. The molecule has 0 spiro atoms. The van der Waals surface area contributed by atoms with E-state index >= 15 is 0 Å². The minimum absolute atomic E-state index is 0.103. The first-order valence-electron chi connectivity index (χ1n) is 8.32. The zero-order valence-electron chi connectivity index (χ0n) is 14.8. The van der Waals surface area contributed by atoms with Crippen molar-refractivity contribution in [3.8, 4) is 11.3 Å². The third-order valence-corrected chi connectivity index (χ3v) is 4.58. The predicted molar refractivity (Wildman–Crippen MR) is 103 cm³/mol. The van der Waals surface area contributed by atoms with Gasteiger partial charge in [-0.05, 0) is 25.1 Å². The number of nitrogens with one attached hydrogen (secondary N) is 1. The molecule has 0 bridgehead atoms. The molecule has 1 amide bonds. The molecule has 3 rings (SSSR count). The Kier molecular flexibility index (Phi) is 5.99. The minimum Gasteiger partial charge on any atom is -0.325 e. The number of amides is 1. The quantitative estimate of drug-likeness (QED) is 0.470. The average molecular weight is 403 g/mol. The summed E-state index contributed by atoms with van der Waals surface area (Å²) < 4.78 is 39.7. The lowest BCUT2D eigenvalue weighted by atomic mass is 10.1. The molecule has 0 unspecified atom stereocenters. The fraction of sp³-hybridized carbons (Fsp3) is 0.150. The Morgan fingerprint density at radius 2 is 1.71 bits per heavy atom. The Morgan fingerprint density at radius 3 is 2.36 bits per heavy atom. The maximum absolute atomic E-state index is 13.2. The minimum atomic E-state index is -4.61. The summed E-state index contributed by atoms with van der Waals surface area (Å²) in [5, 5.41) is 2.57. The average Bonchev–Trinajstić information content (AvgIpc) is 2.67. The summed E-state index contributed by atoms with van der Waals surface area (Å²) in [7, 11) is 0. The molecule has 3 aromatic rings. The number of para-hydroxylation sites is 1. The standard InChI is InChI=1S/C20H16F3N3OS/c1-13-7-9-14(10-8-13)16-11-17(20(21,22)23)26-19(25-16)28-12-18(27)24-15-5-3-2-4-6-15/h2-11H,12H2,1H3,(H,24,27). The van der Waals surface area contributed by atoms with Gasteiger partial charge in [-0.15, -0.1) is 0 Å². The van der Waals surface area contributed by atoms with E-state index in [-0.39, 0.29) is 22.5 Å². The number of anilines is 1. The lowest BCUT2D eigenvalue weighted by Crippen LogP contribution is -2.15. The van der Waals surface area contributed by atoms with Crippen molar-refractivity contribution in [2.45, 2.75) is 18.3 Å². The topological polar surface area (TPSA) is 54.9 Å². The number of halogens is 3. The van der Waals surface area contributed by atoms with Crippen LogP contribution in [0.2, 0.25) is 0 Å². The van der Waals surface area contributed by atoms with Crippen LogP contribution >= 0.6 is 11.8 Å². The van der Waals surface area contributed by atoms with Crippen molar-refractivity contribution in [2.75, 3.05) is 11.1 Å². The fourth-order valence-corrected chi connectivity index (χ4v) is 3.01. The molecule has 0 aliphatic rings. The van der Waals surface area contributed by atoms with E-state index in [4.69, 9.17) is 0 Å². The molecule has 1 heterocycles. The van der Waals surface area contributed by atoms with Crippen LogP contribution in [0.5, 0.6) is 0 Å². The van der Waals surface area contributed by atoms with E-state index in [2.05, 4.69) is 15.3 Å². The predicted octanol–water partition coefficient (Wildman–Crippen LogP) is 5.20. The summed E-state index contributed by atoms with van der Waals surface area (Å²) in [5.74, 6) is -0.460. The molecular formula is C20H16F3N3OS. The molecule has 28 heavy (non-hydrogen) atoms. The summed E-state index contributed by atoms with van der Waals surface area (Å²) in [6.07, 6.45) is -4.61. The van der Waals surface area contributed by atoms with Crippen molar-refractivity contribution in [3.63, 3.8) is 0 Å². The number of aromatic nitrogens is 2. The van der Waals surface area contributed by atoms with Gasteiger partial charge in [-0.1, -0.05) is 59.8 Å². The summed E-state index contributed by atoms with van der Waals surface area (Å²) in [6.45, 7) is 1.89. The Balaban J connectivity index is 1.80. The van der Waals surface area contributed by atoms with Crippen LogP contribution in [0.4, 0.5) is 18.9 Å². The van der Waals surface area contributed by atoms with Crippen LogP contribution in [-0.2, 0) is 11.0 Å². The van der Waals surface area contributed by atoms with E-state index in [0.29, 0.717) is 11.3 Å². The molecule has 2 aromatic carbocycles. The van der Waals surface area contributed by atoms with Gasteiger partial charge >= 0.3 is 6.18 Å². The van der Waals surface area contributed by atoms with Crippen molar-refractivity contribution < 1.29 is 18.0 Å². The number of aryl methyl sites for hydroxylation is 1. The Labute approximate surface area is 164 Å². The van der Waals surface area contributed by atoms with Crippen molar-refractivity contribution in [3.05, 3.63) is 71.9 Å². The monoisotopic (exact) mass is 403 g/mol. The highest BCUT2D eigenvalue weighted by Crippen LogP contribution is 2.32. The van der Waals surface area contributed by atoms with Gasteiger partial charge in [-0.2, -0.15) is 13.2 Å². The first kappa shape index (κ1) is 19.9. The van der Waals surface area contributed by atoms with E-state index in [1.165, 1.54) is 0 Å². The number of thioether (sulfide) groups is 1. The van der Waals surface area contributed by atoms with Gasteiger partial charge in [0.2, 0.25) is 5.91 Å². The molecule has 1 aromatic heterocycles. The molecule has 0 atom stereocenters. The van der Waals surface area contributed by atoms with Crippen molar-refractivity contribution in [2.24, 2.45) is 0 Å². The van der Waals surface area contributed by atoms with Crippen LogP contribution in [0.25, 0.3) is 11.3 Å². The van der Waals surface area contributed by atoms with E-state index in [1.807, 2.05) is 13.0 Å². The smallest absolute Gasteiger partial charge is 0.325 e. The highest BCUT2D eigenvalue weighted by Gasteiger charge is 2.34. The molecule has 0 radical (unpaired) electrons. The number of rotatable bonds is 5. The Morgan fingerprint density at radius 1 is 1.04 bits per heavy atom. The van der Waals surface area contributed by atoms with E-state index in [0.717, 1.165) is 23.4 Å². The van der Waals surface area contributed by atoms with Crippen LogP contribution in [-0.4, -0.2) is 21.6 Å². The number of nitrogens with zero attached hydrogens (tertiary/aromatic N) is 2. The molecule has 1 N–H and O–H groups in total. The third-order valence-electron chi connectivity index (χ3n) is 3.73. The van der Waals surface area contributed by atoms with Crippen molar-refractivity contribution in [1.82, 2.24) is 9.97 Å². The number of hydrogen-bond acceptors (Lipinski definition) is 4. The van der Waals surface area contributed by atoms with Crippen LogP contribution in [0.1, 0.15) is 11.3 Å². The van der Waals surface area contributed by atoms with E-state index in [9.17, 15) is 18.0 Å². The molecule has 0 aliphatic carbocycles. The molecule has 8 heteroatoms. The zero-order valence-corrected chi connectivity index (χ0v) is 15.6. The Hall–Kier alpha value is -2.87. The molecule has 144 valence electrons. The van der Waals surface area contributed by atoms with Gasteiger partial charge in [-0.25, -0.2) is 9.97 Å². The first-order chi connectivity index (χ1) is 13.3. The second kappa shape index (κ2) is 8.43. The normalized spacial score (nSPS) is 11.3. The highest BCUT2D eigenvalue weighted by molar-refractivity contribution is 7.99. The number of benzene rings is 2. The maximum atomic E-state index is 13.2. The largest absolute Gasteiger partial charge is 0.433 e. The Bertz CT molecular complexity index is 961. The van der Waals surface area contributed by atoms with Crippen LogP contribution in [0, 0.1) is 6.92 Å². The van der Waals surface area contributed by atoms with Gasteiger partial charge in [0.1, 0.15) is 5.69 Å². The summed E-state index contributed by atoms with van der Waals surface area (Å²) in [4.78, 5) is 19.8. The van der Waals surface area contributed by atoms with Gasteiger partial charge in [-0.3, -0.25) is 4.79 Å². The summed E-state index contributed by atoms with van der Waals surface area (Å²) >= 11 is 0.856. The summed E-state index contributed by atoms with van der Waals surface area (Å²) in [5.41, 5.74) is 1.27. The van der Waals surface area contributed by atoms with E-state index < -0.39 is 11.9 Å².